The van der Waals surface area contributed by atoms with Crippen LogP contribution in [0.15, 0.2) is 10.8 Å². The smallest absolute Gasteiger partial charge is 0.181 e. The lowest BCUT2D eigenvalue weighted by molar-refractivity contribution is 0.441. The standard InChI is InChI=1S/C10H12BrNO/c11-4-9-10(13-5-12-9)8-2-6-1-7(6)3-8/h5-8H,1-4H2. The molecule has 3 heteroatoms. The minimum absolute atomic E-state index is 0.666. The van der Waals surface area contributed by atoms with Gasteiger partial charge in [-0.2, -0.15) is 0 Å². The number of hydrogen-bond acceptors (Lipinski definition) is 2. The zero-order valence-corrected chi connectivity index (χ0v) is 8.96. The van der Waals surface area contributed by atoms with Crippen LogP contribution in [0.4, 0.5) is 0 Å². The third-order valence-corrected chi connectivity index (χ3v) is 3.94. The van der Waals surface area contributed by atoms with Gasteiger partial charge >= 0.3 is 0 Å². The van der Waals surface area contributed by atoms with Crippen LogP contribution in [-0.4, -0.2) is 4.98 Å². The highest BCUT2D eigenvalue weighted by Crippen LogP contribution is 2.57. The van der Waals surface area contributed by atoms with E-state index in [1.807, 2.05) is 0 Å². The van der Waals surface area contributed by atoms with Crippen LogP contribution in [0.3, 0.4) is 0 Å². The molecule has 0 aliphatic heterocycles. The zero-order valence-electron chi connectivity index (χ0n) is 7.37. The largest absolute Gasteiger partial charge is 0.448 e. The van der Waals surface area contributed by atoms with Gasteiger partial charge in [0.15, 0.2) is 6.39 Å². The van der Waals surface area contributed by atoms with Crippen LogP contribution in [-0.2, 0) is 5.33 Å². The molecule has 2 saturated carbocycles. The predicted octanol–water partition coefficient (Wildman–Crippen LogP) is 3.08. The lowest BCUT2D eigenvalue weighted by Gasteiger charge is -2.08. The van der Waals surface area contributed by atoms with Gasteiger partial charge in [-0.1, -0.05) is 15.9 Å². The fourth-order valence-corrected chi connectivity index (χ4v) is 3.06. The van der Waals surface area contributed by atoms with Crippen molar-refractivity contribution in [3.05, 3.63) is 17.8 Å². The quantitative estimate of drug-likeness (QED) is 0.745. The number of aromatic nitrogens is 1. The lowest BCUT2D eigenvalue weighted by Crippen LogP contribution is -1.97. The minimum Gasteiger partial charge on any atom is -0.448 e. The van der Waals surface area contributed by atoms with Crippen LogP contribution < -0.4 is 0 Å². The minimum atomic E-state index is 0.666. The molecule has 0 aromatic carbocycles. The van der Waals surface area contributed by atoms with E-state index in [2.05, 4.69) is 20.9 Å². The lowest BCUT2D eigenvalue weighted by atomic mass is 9.99. The second-order valence-corrected chi connectivity index (χ2v) is 4.78. The Balaban J connectivity index is 1.83. The Morgan fingerprint density at radius 1 is 1.38 bits per heavy atom. The molecule has 2 atom stereocenters. The predicted molar refractivity (Wildman–Crippen MR) is 52.7 cm³/mol. The van der Waals surface area contributed by atoms with E-state index in [4.69, 9.17) is 4.42 Å². The maximum absolute atomic E-state index is 5.47. The third kappa shape index (κ3) is 1.25. The Kier molecular flexibility index (Phi) is 1.76. The first-order valence-corrected chi connectivity index (χ1v) is 5.99. The van der Waals surface area contributed by atoms with E-state index < -0.39 is 0 Å². The molecule has 2 aliphatic rings. The number of halogens is 1. The highest BCUT2D eigenvalue weighted by atomic mass is 79.9. The highest BCUT2D eigenvalue weighted by molar-refractivity contribution is 9.08. The number of hydrogen-bond donors (Lipinski definition) is 0. The molecule has 0 saturated heterocycles. The Morgan fingerprint density at radius 3 is 2.85 bits per heavy atom. The van der Waals surface area contributed by atoms with E-state index in [1.165, 1.54) is 19.3 Å². The Morgan fingerprint density at radius 2 is 2.15 bits per heavy atom. The van der Waals surface area contributed by atoms with E-state index in [-0.39, 0.29) is 0 Å². The molecule has 0 spiro atoms. The van der Waals surface area contributed by atoms with Gasteiger partial charge in [0.1, 0.15) is 5.76 Å². The van der Waals surface area contributed by atoms with Gasteiger partial charge in [0.2, 0.25) is 0 Å². The van der Waals surface area contributed by atoms with Gasteiger partial charge in [-0.15, -0.1) is 0 Å². The Labute approximate surface area is 85.9 Å². The summed E-state index contributed by atoms with van der Waals surface area (Å²) in [5.74, 6) is 3.83. The maximum atomic E-state index is 5.47. The second kappa shape index (κ2) is 2.84. The summed E-state index contributed by atoms with van der Waals surface area (Å²) in [5.41, 5.74) is 1.10. The number of alkyl halides is 1. The normalized spacial score (nSPS) is 36.2. The van der Waals surface area contributed by atoms with Gasteiger partial charge in [-0.05, 0) is 31.1 Å². The summed E-state index contributed by atoms with van der Waals surface area (Å²) in [6.45, 7) is 0. The molecule has 1 heterocycles. The summed E-state index contributed by atoms with van der Waals surface area (Å²) < 4.78 is 5.47. The van der Waals surface area contributed by atoms with Crippen molar-refractivity contribution >= 4 is 15.9 Å². The first-order chi connectivity index (χ1) is 6.38. The molecule has 0 bridgehead atoms. The average molecular weight is 242 g/mol. The van der Waals surface area contributed by atoms with Crippen molar-refractivity contribution < 1.29 is 4.42 Å². The van der Waals surface area contributed by atoms with Crippen molar-refractivity contribution in [1.29, 1.82) is 0 Å². The fraction of sp³-hybridized carbons (Fsp3) is 0.700. The topological polar surface area (TPSA) is 26.0 Å². The molecule has 13 heavy (non-hydrogen) atoms. The van der Waals surface area contributed by atoms with Crippen LogP contribution in [0.5, 0.6) is 0 Å². The van der Waals surface area contributed by atoms with Crippen molar-refractivity contribution in [1.82, 2.24) is 4.98 Å². The van der Waals surface area contributed by atoms with Crippen LogP contribution >= 0.6 is 15.9 Å². The van der Waals surface area contributed by atoms with E-state index in [9.17, 15) is 0 Å². The van der Waals surface area contributed by atoms with Crippen molar-refractivity contribution in [2.24, 2.45) is 11.8 Å². The third-order valence-electron chi connectivity index (χ3n) is 3.41. The van der Waals surface area contributed by atoms with Gasteiger partial charge in [-0.25, -0.2) is 4.98 Å². The van der Waals surface area contributed by atoms with Crippen molar-refractivity contribution in [3.8, 4) is 0 Å². The molecule has 1 aromatic rings. The van der Waals surface area contributed by atoms with Gasteiger partial charge in [0, 0.05) is 11.2 Å². The zero-order chi connectivity index (χ0) is 8.84. The Bertz CT molecular complexity index is 312. The van der Waals surface area contributed by atoms with Gasteiger partial charge in [0.25, 0.3) is 0 Å². The molecule has 2 aliphatic carbocycles. The first kappa shape index (κ1) is 8.04. The monoisotopic (exact) mass is 241 g/mol. The van der Waals surface area contributed by atoms with Crippen LogP contribution in [0.1, 0.15) is 36.6 Å². The summed E-state index contributed by atoms with van der Waals surface area (Å²) in [4.78, 5) is 4.21. The highest BCUT2D eigenvalue weighted by Gasteiger charge is 2.47. The average Bonchev–Trinajstić information content (AvgIpc) is 2.67. The molecule has 0 radical (unpaired) electrons. The molecule has 3 rings (SSSR count). The molecule has 2 nitrogen and oxygen atoms in total. The van der Waals surface area contributed by atoms with Crippen molar-refractivity contribution in [3.63, 3.8) is 0 Å². The molecule has 1 aromatic heterocycles. The van der Waals surface area contributed by atoms with Crippen LogP contribution in [0, 0.1) is 11.8 Å². The first-order valence-electron chi connectivity index (χ1n) is 4.86. The summed E-state index contributed by atoms with van der Waals surface area (Å²) in [6.07, 6.45) is 5.71. The van der Waals surface area contributed by atoms with E-state index in [0.717, 1.165) is 28.6 Å². The Hall–Kier alpha value is -0.310. The maximum Gasteiger partial charge on any atom is 0.181 e. The fourth-order valence-electron chi connectivity index (χ4n) is 2.64. The molecular formula is C10H12BrNO. The number of fused-ring (bicyclic) bond motifs is 1. The summed E-state index contributed by atoms with van der Waals surface area (Å²) in [7, 11) is 0. The molecule has 0 N–H and O–H groups in total. The molecule has 70 valence electrons. The van der Waals surface area contributed by atoms with Gasteiger partial charge < -0.3 is 4.42 Å². The summed E-state index contributed by atoms with van der Waals surface area (Å²) in [6, 6.07) is 0. The van der Waals surface area contributed by atoms with Crippen molar-refractivity contribution in [2.75, 3.05) is 0 Å². The molecule has 0 amide bonds. The van der Waals surface area contributed by atoms with Gasteiger partial charge in [-0.3, -0.25) is 0 Å². The molecule has 2 fully saturated rings. The molecular weight excluding hydrogens is 230 g/mol. The van der Waals surface area contributed by atoms with E-state index in [1.54, 1.807) is 6.39 Å². The number of nitrogens with zero attached hydrogens (tertiary/aromatic N) is 1. The summed E-state index contributed by atoms with van der Waals surface area (Å²) >= 11 is 3.44. The van der Waals surface area contributed by atoms with Crippen LogP contribution in [0.2, 0.25) is 0 Å². The van der Waals surface area contributed by atoms with Crippen molar-refractivity contribution in [2.45, 2.75) is 30.5 Å². The van der Waals surface area contributed by atoms with Crippen LogP contribution in [0.25, 0.3) is 0 Å². The van der Waals surface area contributed by atoms with Gasteiger partial charge in [0.05, 0.1) is 5.69 Å². The number of oxazole rings is 1. The second-order valence-electron chi connectivity index (χ2n) is 4.22. The SMILES string of the molecule is BrCc1ncoc1C1CC2CC2C1. The van der Waals surface area contributed by atoms with E-state index >= 15 is 0 Å². The molecule has 2 unspecified atom stereocenters. The van der Waals surface area contributed by atoms with E-state index in [0.29, 0.717) is 5.92 Å². The number of rotatable bonds is 2. The summed E-state index contributed by atoms with van der Waals surface area (Å²) in [5, 5.41) is 0.824.